The van der Waals surface area contributed by atoms with Crippen molar-refractivity contribution in [3.63, 3.8) is 0 Å². The number of urea groups is 1. The number of alkyl halides is 1. The number of nitrogens with zero attached hydrogens (tertiary/aromatic N) is 3. The number of carbonyl (C=O) groups is 5. The van der Waals surface area contributed by atoms with Crippen molar-refractivity contribution >= 4 is 46.1 Å². The first kappa shape index (κ1) is 28.4. The van der Waals surface area contributed by atoms with E-state index in [-0.39, 0.29) is 48.6 Å². The molecule has 3 unspecified atom stereocenters. The van der Waals surface area contributed by atoms with E-state index in [4.69, 9.17) is 0 Å². The number of anilines is 1. The zero-order chi connectivity index (χ0) is 30.4. The first-order chi connectivity index (χ1) is 20.6. The monoisotopic (exact) mass is 592 g/mol. The Morgan fingerprint density at radius 3 is 2.65 bits per heavy atom. The van der Waals surface area contributed by atoms with E-state index in [2.05, 4.69) is 21.0 Å². The molecular formula is C30H30F2N6O5. The molecule has 2 aromatic carbocycles. The zero-order valence-electron chi connectivity index (χ0n) is 23.3. The van der Waals surface area contributed by atoms with Gasteiger partial charge in [-0.2, -0.15) is 5.10 Å². The molecule has 3 heterocycles. The van der Waals surface area contributed by atoms with Gasteiger partial charge >= 0.3 is 6.03 Å². The molecule has 0 bridgehead atoms. The molecule has 0 radical (unpaired) electrons. The molecule has 5 atom stereocenters. The fourth-order valence-corrected chi connectivity index (χ4v) is 6.54. The molecule has 3 fully saturated rings. The number of hydrogen-bond donors (Lipinski definition) is 3. The molecule has 1 aliphatic carbocycles. The third kappa shape index (κ3) is 5.35. The zero-order valence-corrected chi connectivity index (χ0v) is 23.3. The van der Waals surface area contributed by atoms with Crippen molar-refractivity contribution < 1.29 is 32.8 Å². The molecule has 43 heavy (non-hydrogen) atoms. The fourth-order valence-electron chi connectivity index (χ4n) is 6.54. The fraction of sp³-hybridized carbons (Fsp3) is 0.400. The lowest BCUT2D eigenvalue weighted by Crippen LogP contribution is -2.59. The second kappa shape index (κ2) is 11.2. The smallest absolute Gasteiger partial charge is 0.321 e. The summed E-state index contributed by atoms with van der Waals surface area (Å²) in [5, 5.41) is 12.4. The van der Waals surface area contributed by atoms with Gasteiger partial charge in [-0.05, 0) is 42.9 Å². The highest BCUT2D eigenvalue weighted by molar-refractivity contribution is 6.05. The number of fused-ring (bicyclic) bond motifs is 2. The lowest BCUT2D eigenvalue weighted by atomic mass is 9.74. The number of para-hydroxylation sites is 1. The van der Waals surface area contributed by atoms with Crippen LogP contribution in [0.4, 0.5) is 19.3 Å². The highest BCUT2D eigenvalue weighted by Gasteiger charge is 2.42. The van der Waals surface area contributed by atoms with Crippen molar-refractivity contribution in [2.24, 2.45) is 5.92 Å². The number of nitrogens with one attached hydrogen (secondary N) is 3. The number of Topliss-reactive ketones (excluding diaryl/α,β-unsaturated/α-hetero) is 1. The highest BCUT2D eigenvalue weighted by Crippen LogP contribution is 2.39. The normalized spacial score (nSPS) is 25.2. The van der Waals surface area contributed by atoms with Gasteiger partial charge in [-0.1, -0.05) is 30.3 Å². The molecular weight excluding hydrogens is 562 g/mol. The van der Waals surface area contributed by atoms with Crippen molar-refractivity contribution in [1.82, 2.24) is 25.3 Å². The van der Waals surface area contributed by atoms with Crippen LogP contribution in [-0.4, -0.2) is 69.0 Å². The van der Waals surface area contributed by atoms with E-state index < -0.39 is 47.7 Å². The van der Waals surface area contributed by atoms with Gasteiger partial charge in [0.2, 0.25) is 17.7 Å². The SMILES string of the molecule is CC(=O)c1nn(CC(=O)N2C[C@H](F)C[C@H]2C(=O)Nc2cccc(C3CCC4NC(=O)NC(=O)C4C3)c2F)c2ccccc12. The van der Waals surface area contributed by atoms with E-state index in [1.807, 2.05) is 0 Å². The summed E-state index contributed by atoms with van der Waals surface area (Å²) in [5.74, 6) is -3.42. The Morgan fingerprint density at radius 2 is 1.86 bits per heavy atom. The number of benzene rings is 2. The number of carbonyl (C=O) groups excluding carboxylic acids is 5. The Kier molecular flexibility index (Phi) is 7.40. The third-order valence-corrected chi connectivity index (χ3v) is 8.62. The Hall–Kier alpha value is -4.68. The average Bonchev–Trinajstić information content (AvgIpc) is 3.55. The topological polar surface area (TPSA) is 142 Å². The maximum Gasteiger partial charge on any atom is 0.321 e. The summed E-state index contributed by atoms with van der Waals surface area (Å²) in [4.78, 5) is 63.9. The lowest BCUT2D eigenvalue weighted by Gasteiger charge is -2.38. The number of halogens is 2. The summed E-state index contributed by atoms with van der Waals surface area (Å²) in [7, 11) is 0. The minimum absolute atomic E-state index is 0.107. The van der Waals surface area contributed by atoms with Gasteiger partial charge in [0.05, 0.1) is 23.7 Å². The lowest BCUT2D eigenvalue weighted by molar-refractivity contribution is -0.137. The second-order valence-corrected chi connectivity index (χ2v) is 11.4. The third-order valence-electron chi connectivity index (χ3n) is 8.62. The highest BCUT2D eigenvalue weighted by atomic mass is 19.1. The Labute approximate surface area is 245 Å². The molecule has 2 aliphatic heterocycles. The van der Waals surface area contributed by atoms with Gasteiger partial charge in [0, 0.05) is 24.8 Å². The number of rotatable bonds is 6. The summed E-state index contributed by atoms with van der Waals surface area (Å²) in [5.41, 5.74) is 0.986. The maximum atomic E-state index is 15.7. The predicted octanol–water partition coefficient (Wildman–Crippen LogP) is 3.05. The first-order valence-corrected chi connectivity index (χ1v) is 14.2. The number of ketones is 1. The van der Waals surface area contributed by atoms with Crippen LogP contribution in [0.25, 0.3) is 10.9 Å². The van der Waals surface area contributed by atoms with Crippen molar-refractivity contribution in [3.8, 4) is 0 Å². The molecule has 1 aromatic heterocycles. The minimum Gasteiger partial charge on any atom is -0.334 e. The van der Waals surface area contributed by atoms with Crippen LogP contribution < -0.4 is 16.0 Å². The van der Waals surface area contributed by atoms with Crippen LogP contribution in [0.15, 0.2) is 42.5 Å². The number of imide groups is 1. The van der Waals surface area contributed by atoms with E-state index in [1.54, 1.807) is 36.4 Å². The molecule has 13 heteroatoms. The van der Waals surface area contributed by atoms with E-state index in [0.29, 0.717) is 35.7 Å². The molecule has 0 spiro atoms. The van der Waals surface area contributed by atoms with Crippen LogP contribution in [0.1, 0.15) is 54.6 Å². The number of amides is 5. The second-order valence-electron chi connectivity index (χ2n) is 11.4. The largest absolute Gasteiger partial charge is 0.334 e. The standard InChI is InChI=1S/C30H30F2N6O5/c1-15(39)27-19-5-2-3-8-23(19)38(36-27)14-25(40)37-13-17(31)12-24(37)29(42)33-22-7-4-6-18(26(22)32)16-9-10-21-20(11-16)28(41)35-30(43)34-21/h2-8,16-17,20-21,24H,9-14H2,1H3,(H,33,42)(H2,34,35,41,43)/t16?,17-,20?,21?,24+/m1/s1. The number of aromatic nitrogens is 2. The molecule has 1 saturated carbocycles. The molecule has 5 amide bonds. The van der Waals surface area contributed by atoms with E-state index in [0.717, 1.165) is 4.90 Å². The van der Waals surface area contributed by atoms with Crippen LogP contribution in [0.2, 0.25) is 0 Å². The van der Waals surface area contributed by atoms with Gasteiger partial charge in [-0.25, -0.2) is 13.6 Å². The Bertz CT molecular complexity index is 1660. The summed E-state index contributed by atoms with van der Waals surface area (Å²) < 4.78 is 31.7. The first-order valence-electron chi connectivity index (χ1n) is 14.2. The predicted molar refractivity (Wildman–Crippen MR) is 150 cm³/mol. The van der Waals surface area contributed by atoms with E-state index in [1.165, 1.54) is 17.7 Å². The van der Waals surface area contributed by atoms with Crippen molar-refractivity contribution in [3.05, 3.63) is 59.5 Å². The van der Waals surface area contributed by atoms with Crippen LogP contribution in [-0.2, 0) is 20.9 Å². The van der Waals surface area contributed by atoms with Crippen LogP contribution >= 0.6 is 0 Å². The van der Waals surface area contributed by atoms with Gasteiger partial charge in [0.15, 0.2) is 5.78 Å². The maximum absolute atomic E-state index is 15.7. The molecule has 224 valence electrons. The van der Waals surface area contributed by atoms with Crippen LogP contribution in [0.3, 0.4) is 0 Å². The van der Waals surface area contributed by atoms with Gasteiger partial charge in [-0.15, -0.1) is 0 Å². The summed E-state index contributed by atoms with van der Waals surface area (Å²) in [6.07, 6.45) is -0.335. The molecule has 3 aliphatic rings. The van der Waals surface area contributed by atoms with Crippen LogP contribution in [0.5, 0.6) is 0 Å². The van der Waals surface area contributed by atoms with Crippen LogP contribution in [0, 0.1) is 11.7 Å². The minimum atomic E-state index is -1.45. The summed E-state index contributed by atoms with van der Waals surface area (Å²) >= 11 is 0. The van der Waals surface area contributed by atoms with Gasteiger partial charge in [0.25, 0.3) is 0 Å². The van der Waals surface area contributed by atoms with Crippen molar-refractivity contribution in [2.75, 3.05) is 11.9 Å². The van der Waals surface area contributed by atoms with Crippen molar-refractivity contribution in [2.45, 2.75) is 63.3 Å². The molecule has 3 aromatic rings. The summed E-state index contributed by atoms with van der Waals surface area (Å²) in [6, 6.07) is 9.50. The van der Waals surface area contributed by atoms with E-state index >= 15 is 4.39 Å². The Morgan fingerprint density at radius 1 is 1.07 bits per heavy atom. The van der Waals surface area contributed by atoms with Gasteiger partial charge in [-0.3, -0.25) is 29.2 Å². The molecule has 3 N–H and O–H groups in total. The average molecular weight is 593 g/mol. The number of likely N-dealkylation sites (tertiary alicyclic amines) is 1. The van der Waals surface area contributed by atoms with E-state index in [9.17, 15) is 28.4 Å². The summed E-state index contributed by atoms with van der Waals surface area (Å²) in [6.45, 7) is 0.758. The Balaban J connectivity index is 1.17. The van der Waals surface area contributed by atoms with Gasteiger partial charge in [0.1, 0.15) is 30.3 Å². The quantitative estimate of drug-likeness (QED) is 0.376. The van der Waals surface area contributed by atoms with Crippen molar-refractivity contribution in [1.29, 1.82) is 0 Å². The molecule has 11 nitrogen and oxygen atoms in total. The van der Waals surface area contributed by atoms with Gasteiger partial charge < -0.3 is 15.5 Å². The molecule has 6 rings (SSSR count). The number of hydrogen-bond acceptors (Lipinski definition) is 6. The molecule has 2 saturated heterocycles.